The molecule has 0 aromatic heterocycles. The number of nitrogens with zero attached hydrogens (tertiary/aromatic N) is 2. The van der Waals surface area contributed by atoms with E-state index in [9.17, 15) is 34.1 Å². The lowest BCUT2D eigenvalue weighted by Crippen LogP contribution is -2.63. The number of piperazine rings is 1. The first-order chi connectivity index (χ1) is 16.6. The van der Waals surface area contributed by atoms with Crippen molar-refractivity contribution in [3.8, 4) is 5.75 Å². The molecule has 0 bridgehead atoms. The summed E-state index contributed by atoms with van der Waals surface area (Å²) in [4.78, 5) is 63.7. The van der Waals surface area contributed by atoms with Crippen molar-refractivity contribution in [2.75, 3.05) is 26.7 Å². The number of hydrogen-bond donors (Lipinski definition) is 4. The summed E-state index contributed by atoms with van der Waals surface area (Å²) >= 11 is 0. The highest BCUT2D eigenvalue weighted by atomic mass is 16.5. The lowest BCUT2D eigenvalue weighted by atomic mass is 9.72. The largest absolute Gasteiger partial charge is 0.547 e. The van der Waals surface area contributed by atoms with Gasteiger partial charge in [0.05, 0.1) is 17.6 Å². The molecule has 2 heterocycles. The Morgan fingerprint density at radius 1 is 1.26 bits per heavy atom. The Bertz CT molecular complexity index is 1040. The number of nitrogens with one attached hydrogen (secondary N) is 2. The van der Waals surface area contributed by atoms with Gasteiger partial charge in [0.15, 0.2) is 0 Å². The van der Waals surface area contributed by atoms with E-state index in [1.165, 1.54) is 31.1 Å². The molecule has 0 spiro atoms. The van der Waals surface area contributed by atoms with Crippen molar-refractivity contribution in [2.45, 2.75) is 38.4 Å². The summed E-state index contributed by atoms with van der Waals surface area (Å²) in [5.74, 6) is -4.70. The maximum Gasteiger partial charge on any atom is 0.547 e. The Morgan fingerprint density at radius 2 is 1.97 bits per heavy atom. The number of aromatic carboxylic acids is 1. The van der Waals surface area contributed by atoms with Gasteiger partial charge in [0.2, 0.25) is 5.91 Å². The second-order valence-corrected chi connectivity index (χ2v) is 8.14. The van der Waals surface area contributed by atoms with Gasteiger partial charge in [-0.05, 0) is 31.9 Å². The van der Waals surface area contributed by atoms with Gasteiger partial charge in [0, 0.05) is 26.7 Å². The van der Waals surface area contributed by atoms with Crippen LogP contribution in [0.3, 0.4) is 0 Å². The smallest absolute Gasteiger partial charge is 0.534 e. The van der Waals surface area contributed by atoms with Crippen molar-refractivity contribution in [1.29, 1.82) is 0 Å². The Balaban J connectivity index is 1.72. The predicted octanol–water partition coefficient (Wildman–Crippen LogP) is -1.37. The zero-order valence-electron chi connectivity index (χ0n) is 19.5. The molecule has 0 saturated carbocycles. The molecule has 188 valence electrons. The molecule has 2 aliphatic heterocycles. The maximum atomic E-state index is 13.1. The molecular weight excluding hydrogens is 463 g/mol. The van der Waals surface area contributed by atoms with Crippen molar-refractivity contribution in [2.24, 2.45) is 0 Å². The number of carbonyl (C=O) groups excluding carboxylic acids is 4. The van der Waals surface area contributed by atoms with Crippen molar-refractivity contribution in [3.63, 3.8) is 0 Å². The molecule has 5 amide bonds. The number of carbonyl (C=O) groups is 5. The Kier molecular flexibility index (Phi) is 7.97. The van der Waals surface area contributed by atoms with Crippen LogP contribution in [0.5, 0.6) is 5.75 Å². The lowest BCUT2D eigenvalue weighted by molar-refractivity contribution is -0.153. The van der Waals surface area contributed by atoms with Crippen molar-refractivity contribution in [1.82, 2.24) is 20.4 Å². The summed E-state index contributed by atoms with van der Waals surface area (Å²) in [5.41, 5.74) is 0.352. The molecule has 4 N–H and O–H groups in total. The molecule has 1 unspecified atom stereocenters. The van der Waals surface area contributed by atoms with Gasteiger partial charge in [-0.25, -0.2) is 9.59 Å². The molecule has 1 aromatic rings. The van der Waals surface area contributed by atoms with E-state index in [0.717, 1.165) is 4.90 Å². The fourth-order valence-corrected chi connectivity index (χ4v) is 3.90. The molecule has 14 heteroatoms. The van der Waals surface area contributed by atoms with E-state index >= 15 is 0 Å². The predicted molar refractivity (Wildman–Crippen MR) is 120 cm³/mol. The number of methoxy groups -OCH3 is 1. The van der Waals surface area contributed by atoms with Gasteiger partial charge in [-0.3, -0.25) is 19.3 Å². The monoisotopic (exact) mass is 490 g/mol. The molecule has 0 aliphatic carbocycles. The average Bonchev–Trinajstić information content (AvgIpc) is 2.83. The number of rotatable bonds is 7. The van der Waals surface area contributed by atoms with Crippen molar-refractivity contribution in [3.05, 3.63) is 29.3 Å². The first kappa shape index (κ1) is 26.0. The van der Waals surface area contributed by atoms with Gasteiger partial charge in [-0.2, -0.15) is 0 Å². The maximum absolute atomic E-state index is 13.1. The third-order valence-electron chi connectivity index (χ3n) is 6.02. The summed E-state index contributed by atoms with van der Waals surface area (Å²) in [7, 11) is -0.226. The lowest BCUT2D eigenvalue weighted by Gasteiger charge is -2.34. The summed E-state index contributed by atoms with van der Waals surface area (Å²) in [6, 6.07) is 2.26. The summed E-state index contributed by atoms with van der Waals surface area (Å²) < 4.78 is 10.6. The standard InChI is InChI=1S/C21H27BN4O9/c1-4-25-8-9-26(19(29)18(25)28)21(32)24-15(11(2)34-3)17(27)23-14-10-12-6-5-7-13(20(30)31)16(12)35-22(14)33/h5-7,11,14-15,33H,4,8-10H2,1-3H3,(H,23,27)(H,24,32)(H,30,31)/t11-,14?,15+/m0/s1. The van der Waals surface area contributed by atoms with Crippen LogP contribution in [-0.4, -0.2) is 102 Å². The molecule has 0 radical (unpaired) electrons. The number of carboxylic acid groups (broad SMARTS) is 1. The van der Waals surface area contributed by atoms with Crippen LogP contribution >= 0.6 is 0 Å². The molecule has 1 fully saturated rings. The average molecular weight is 490 g/mol. The Morgan fingerprint density at radius 3 is 2.60 bits per heavy atom. The van der Waals surface area contributed by atoms with Gasteiger partial charge in [0.25, 0.3) is 0 Å². The number of para-hydroxylation sites is 1. The third kappa shape index (κ3) is 5.38. The molecule has 1 aromatic carbocycles. The normalized spacial score (nSPS) is 19.4. The number of ether oxygens (including phenoxy) is 1. The number of fused-ring (bicyclic) bond motifs is 1. The van der Waals surface area contributed by atoms with E-state index in [-0.39, 0.29) is 30.8 Å². The Hall–Kier alpha value is -3.65. The zero-order valence-corrected chi connectivity index (χ0v) is 19.5. The van der Waals surface area contributed by atoms with Gasteiger partial charge >= 0.3 is 30.9 Å². The van der Waals surface area contributed by atoms with Crippen LogP contribution in [0.25, 0.3) is 0 Å². The van der Waals surface area contributed by atoms with E-state index in [1.54, 1.807) is 13.0 Å². The Labute approximate surface area is 201 Å². The van der Waals surface area contributed by atoms with Crippen molar-refractivity contribution >= 4 is 36.8 Å². The minimum atomic E-state index is -1.55. The summed E-state index contributed by atoms with van der Waals surface area (Å²) in [6.45, 7) is 3.71. The molecule has 3 rings (SSSR count). The highest BCUT2D eigenvalue weighted by Crippen LogP contribution is 2.30. The first-order valence-corrected chi connectivity index (χ1v) is 11.0. The van der Waals surface area contributed by atoms with E-state index < -0.39 is 54.9 Å². The van der Waals surface area contributed by atoms with E-state index in [2.05, 4.69) is 10.6 Å². The minimum absolute atomic E-state index is 0.0162. The van der Waals surface area contributed by atoms with Gasteiger partial charge in [-0.1, -0.05) is 12.1 Å². The number of imide groups is 1. The van der Waals surface area contributed by atoms with Crippen LogP contribution in [-0.2, 0) is 25.5 Å². The summed E-state index contributed by atoms with van der Waals surface area (Å²) in [6.07, 6.45) is -0.772. The molecule has 35 heavy (non-hydrogen) atoms. The van der Waals surface area contributed by atoms with Crippen LogP contribution in [0, 0.1) is 0 Å². The van der Waals surface area contributed by atoms with Crippen LogP contribution in [0.2, 0.25) is 0 Å². The van der Waals surface area contributed by atoms with Gasteiger partial charge < -0.3 is 35.1 Å². The molecular formula is C21H27BN4O9. The topological polar surface area (TPSA) is 175 Å². The number of amides is 5. The van der Waals surface area contributed by atoms with Crippen LogP contribution in [0.1, 0.15) is 29.8 Å². The molecule has 13 nitrogen and oxygen atoms in total. The number of hydrogen-bond acceptors (Lipinski definition) is 8. The fraction of sp³-hybridized carbons (Fsp3) is 0.476. The highest BCUT2D eigenvalue weighted by molar-refractivity contribution is 6.47. The number of urea groups is 1. The minimum Gasteiger partial charge on any atom is -0.534 e. The second-order valence-electron chi connectivity index (χ2n) is 8.14. The fourth-order valence-electron chi connectivity index (χ4n) is 3.90. The second kappa shape index (κ2) is 10.7. The van der Waals surface area contributed by atoms with Crippen molar-refractivity contribution < 1.29 is 43.5 Å². The number of likely N-dealkylation sites (N-methyl/N-ethyl adjacent to an activating group) is 1. The molecule has 1 saturated heterocycles. The summed E-state index contributed by atoms with van der Waals surface area (Å²) in [5, 5.41) is 24.7. The first-order valence-electron chi connectivity index (χ1n) is 11.0. The number of benzene rings is 1. The van der Waals surface area contributed by atoms with Gasteiger partial charge in [-0.15, -0.1) is 0 Å². The SMILES string of the molecule is CCN1CCN(C(=O)N[C@@H](C(=O)NC2Cc3cccc(C(=O)O)c3OB2O)[C@H](C)OC)C(=O)C1=O. The molecule has 3 atom stereocenters. The van der Waals surface area contributed by atoms with Crippen LogP contribution in [0.15, 0.2) is 18.2 Å². The van der Waals surface area contributed by atoms with Gasteiger partial charge in [0.1, 0.15) is 11.8 Å². The van der Waals surface area contributed by atoms with E-state index in [1.807, 2.05) is 0 Å². The van der Waals surface area contributed by atoms with Crippen LogP contribution in [0.4, 0.5) is 4.79 Å². The van der Waals surface area contributed by atoms with E-state index in [0.29, 0.717) is 12.1 Å². The highest BCUT2D eigenvalue weighted by Gasteiger charge is 2.41. The third-order valence-corrected chi connectivity index (χ3v) is 6.02. The quantitative estimate of drug-likeness (QED) is 0.265. The van der Waals surface area contributed by atoms with Crippen LogP contribution < -0.4 is 15.3 Å². The number of carboxylic acids is 1. The zero-order chi connectivity index (χ0) is 25.9. The molecule has 2 aliphatic rings. The van der Waals surface area contributed by atoms with E-state index in [4.69, 9.17) is 9.39 Å².